The molecule has 0 saturated heterocycles. The summed E-state index contributed by atoms with van der Waals surface area (Å²) in [6, 6.07) is 7.74. The van der Waals surface area contributed by atoms with Crippen molar-refractivity contribution < 1.29 is 17.9 Å². The van der Waals surface area contributed by atoms with Gasteiger partial charge >= 0.3 is 0 Å². The molecule has 94 valence electrons. The monoisotopic (exact) mass is 252 g/mol. The van der Waals surface area contributed by atoms with Crippen LogP contribution in [0.25, 0.3) is 11.1 Å². The molecule has 0 spiro atoms. The lowest BCUT2D eigenvalue weighted by atomic mass is 10.1. The van der Waals surface area contributed by atoms with Crippen LogP contribution in [-0.2, 0) is 0 Å². The van der Waals surface area contributed by atoms with Gasteiger partial charge < -0.3 is 4.74 Å². The molecule has 0 unspecified atom stereocenters. The third-order valence-corrected chi connectivity index (χ3v) is 2.46. The Labute approximate surface area is 103 Å². The van der Waals surface area contributed by atoms with Gasteiger partial charge in [0, 0.05) is 0 Å². The first-order chi connectivity index (χ1) is 8.61. The molecule has 2 aromatic rings. The zero-order valence-corrected chi connectivity index (χ0v) is 9.71. The molecule has 2 rings (SSSR count). The van der Waals surface area contributed by atoms with Crippen LogP contribution in [0.4, 0.5) is 13.2 Å². The van der Waals surface area contributed by atoms with E-state index in [2.05, 4.69) is 0 Å². The molecule has 0 bridgehead atoms. The standard InChI is InChI=1S/C14H11F3O/c1-2-18-14-12(16)7-10(8-13(14)17)9-3-5-11(15)6-4-9/h3-8H,2H2,1H3. The highest BCUT2D eigenvalue weighted by molar-refractivity contribution is 5.64. The van der Waals surface area contributed by atoms with E-state index in [1.54, 1.807) is 6.92 Å². The minimum Gasteiger partial charge on any atom is -0.488 e. The summed E-state index contributed by atoms with van der Waals surface area (Å²) in [5, 5.41) is 0. The SMILES string of the molecule is CCOc1c(F)cc(-c2ccc(F)cc2)cc1F. The second kappa shape index (κ2) is 5.12. The summed E-state index contributed by atoms with van der Waals surface area (Å²) >= 11 is 0. The molecule has 0 amide bonds. The van der Waals surface area contributed by atoms with Gasteiger partial charge in [0.2, 0.25) is 0 Å². The van der Waals surface area contributed by atoms with Crippen molar-refractivity contribution in [2.45, 2.75) is 6.92 Å². The van der Waals surface area contributed by atoms with Crippen LogP contribution in [-0.4, -0.2) is 6.61 Å². The van der Waals surface area contributed by atoms with Gasteiger partial charge in [0.05, 0.1) is 6.61 Å². The van der Waals surface area contributed by atoms with Gasteiger partial charge in [-0.25, -0.2) is 13.2 Å². The molecular formula is C14H11F3O. The molecule has 0 radical (unpaired) electrons. The zero-order chi connectivity index (χ0) is 13.1. The molecule has 0 aliphatic heterocycles. The third-order valence-electron chi connectivity index (χ3n) is 2.46. The molecular weight excluding hydrogens is 241 g/mol. The van der Waals surface area contributed by atoms with Crippen LogP contribution in [0.5, 0.6) is 5.75 Å². The Morgan fingerprint density at radius 2 is 1.44 bits per heavy atom. The highest BCUT2D eigenvalue weighted by Gasteiger charge is 2.13. The Morgan fingerprint density at radius 1 is 0.889 bits per heavy atom. The Balaban J connectivity index is 2.44. The van der Waals surface area contributed by atoms with E-state index < -0.39 is 17.5 Å². The van der Waals surface area contributed by atoms with E-state index in [1.807, 2.05) is 0 Å². The van der Waals surface area contributed by atoms with Crippen LogP contribution in [0.15, 0.2) is 36.4 Å². The van der Waals surface area contributed by atoms with Gasteiger partial charge in [-0.2, -0.15) is 0 Å². The summed E-state index contributed by atoms with van der Waals surface area (Å²) in [6.45, 7) is 1.83. The first-order valence-corrected chi connectivity index (χ1v) is 5.49. The number of hydrogen-bond acceptors (Lipinski definition) is 1. The van der Waals surface area contributed by atoms with Crippen molar-refractivity contribution in [3.8, 4) is 16.9 Å². The highest BCUT2D eigenvalue weighted by Crippen LogP contribution is 2.29. The minimum absolute atomic E-state index is 0.184. The fourth-order valence-electron chi connectivity index (χ4n) is 1.65. The Hall–Kier alpha value is -1.97. The van der Waals surface area contributed by atoms with Gasteiger partial charge in [0.15, 0.2) is 17.4 Å². The number of benzene rings is 2. The van der Waals surface area contributed by atoms with E-state index in [9.17, 15) is 13.2 Å². The molecule has 1 nitrogen and oxygen atoms in total. The average Bonchev–Trinajstić information content (AvgIpc) is 2.34. The predicted molar refractivity (Wildman–Crippen MR) is 62.9 cm³/mol. The lowest BCUT2D eigenvalue weighted by Gasteiger charge is -2.08. The lowest BCUT2D eigenvalue weighted by Crippen LogP contribution is -1.98. The number of rotatable bonds is 3. The number of ether oxygens (including phenoxy) is 1. The van der Waals surface area contributed by atoms with Crippen molar-refractivity contribution in [1.82, 2.24) is 0 Å². The van der Waals surface area contributed by atoms with Crippen molar-refractivity contribution in [2.75, 3.05) is 6.61 Å². The molecule has 0 fully saturated rings. The summed E-state index contributed by atoms with van der Waals surface area (Å²) in [6.07, 6.45) is 0. The molecule has 0 aliphatic rings. The average molecular weight is 252 g/mol. The third kappa shape index (κ3) is 2.47. The van der Waals surface area contributed by atoms with Crippen LogP contribution >= 0.6 is 0 Å². The molecule has 0 saturated carbocycles. The second-order valence-corrected chi connectivity index (χ2v) is 3.71. The Bertz CT molecular complexity index is 526. The maximum Gasteiger partial charge on any atom is 0.190 e. The van der Waals surface area contributed by atoms with Gasteiger partial charge in [-0.05, 0) is 42.3 Å². The van der Waals surface area contributed by atoms with Gasteiger partial charge in [-0.15, -0.1) is 0 Å². The Kier molecular flexibility index (Phi) is 3.55. The summed E-state index contributed by atoms with van der Waals surface area (Å²) in [7, 11) is 0. The van der Waals surface area contributed by atoms with Crippen molar-refractivity contribution in [2.24, 2.45) is 0 Å². The van der Waals surface area contributed by atoms with Crippen molar-refractivity contribution >= 4 is 0 Å². The van der Waals surface area contributed by atoms with Gasteiger partial charge in [-0.3, -0.25) is 0 Å². The van der Waals surface area contributed by atoms with Gasteiger partial charge in [0.1, 0.15) is 5.82 Å². The smallest absolute Gasteiger partial charge is 0.190 e. The van der Waals surface area contributed by atoms with E-state index in [4.69, 9.17) is 4.74 Å². The number of halogens is 3. The van der Waals surface area contributed by atoms with Crippen LogP contribution in [0.2, 0.25) is 0 Å². The summed E-state index contributed by atoms with van der Waals surface area (Å²) in [4.78, 5) is 0. The fraction of sp³-hybridized carbons (Fsp3) is 0.143. The molecule has 0 atom stereocenters. The van der Waals surface area contributed by atoms with Gasteiger partial charge in [-0.1, -0.05) is 12.1 Å². The van der Waals surface area contributed by atoms with E-state index in [0.717, 1.165) is 0 Å². The molecule has 18 heavy (non-hydrogen) atoms. The van der Waals surface area contributed by atoms with Crippen LogP contribution in [0.3, 0.4) is 0 Å². The molecule has 4 heteroatoms. The number of hydrogen-bond donors (Lipinski definition) is 0. The maximum atomic E-state index is 13.6. The minimum atomic E-state index is -0.767. The normalized spacial score (nSPS) is 10.4. The van der Waals surface area contributed by atoms with Crippen molar-refractivity contribution in [3.05, 3.63) is 53.8 Å². The lowest BCUT2D eigenvalue weighted by molar-refractivity contribution is 0.303. The molecule has 0 heterocycles. The first kappa shape index (κ1) is 12.5. The van der Waals surface area contributed by atoms with Crippen molar-refractivity contribution in [1.29, 1.82) is 0 Å². The quantitative estimate of drug-likeness (QED) is 0.796. The second-order valence-electron chi connectivity index (χ2n) is 3.71. The first-order valence-electron chi connectivity index (χ1n) is 5.49. The van der Waals surface area contributed by atoms with E-state index in [0.29, 0.717) is 11.1 Å². The Morgan fingerprint density at radius 3 is 1.94 bits per heavy atom. The fourth-order valence-corrected chi connectivity index (χ4v) is 1.65. The summed E-state index contributed by atoms with van der Waals surface area (Å²) in [5.41, 5.74) is 0.880. The van der Waals surface area contributed by atoms with Crippen LogP contribution in [0.1, 0.15) is 6.92 Å². The van der Waals surface area contributed by atoms with Crippen LogP contribution in [0, 0.1) is 17.5 Å². The summed E-state index contributed by atoms with van der Waals surface area (Å²) in [5.74, 6) is -2.32. The molecule has 2 aromatic carbocycles. The van der Waals surface area contributed by atoms with E-state index >= 15 is 0 Å². The zero-order valence-electron chi connectivity index (χ0n) is 9.71. The van der Waals surface area contributed by atoms with Crippen LogP contribution < -0.4 is 4.74 Å². The molecule has 0 aliphatic carbocycles. The van der Waals surface area contributed by atoms with Gasteiger partial charge in [0.25, 0.3) is 0 Å². The molecule has 0 N–H and O–H groups in total. The summed E-state index contributed by atoms with van der Waals surface area (Å²) < 4.78 is 44.9. The topological polar surface area (TPSA) is 9.23 Å². The largest absolute Gasteiger partial charge is 0.488 e. The highest BCUT2D eigenvalue weighted by atomic mass is 19.1. The maximum absolute atomic E-state index is 13.6. The predicted octanol–water partition coefficient (Wildman–Crippen LogP) is 4.17. The molecule has 0 aromatic heterocycles. The van der Waals surface area contributed by atoms with Crippen molar-refractivity contribution in [3.63, 3.8) is 0 Å². The van der Waals surface area contributed by atoms with E-state index in [1.165, 1.54) is 36.4 Å². The van der Waals surface area contributed by atoms with E-state index in [-0.39, 0.29) is 12.4 Å².